The lowest BCUT2D eigenvalue weighted by Gasteiger charge is -2.33. The molecule has 192 valence electrons. The molecule has 2 fully saturated rings. The first-order chi connectivity index (χ1) is 17.3. The van der Waals surface area contributed by atoms with Crippen LogP contribution >= 0.6 is 11.6 Å². The summed E-state index contributed by atoms with van der Waals surface area (Å²) >= 11 is 6.38. The molecule has 0 unspecified atom stereocenters. The summed E-state index contributed by atoms with van der Waals surface area (Å²) in [7, 11) is 1.79. The van der Waals surface area contributed by atoms with E-state index in [0.29, 0.717) is 42.7 Å². The van der Waals surface area contributed by atoms with Gasteiger partial charge in [0.05, 0.1) is 47.6 Å². The summed E-state index contributed by atoms with van der Waals surface area (Å²) in [4.78, 5) is 22.8. The quantitative estimate of drug-likeness (QED) is 0.538. The maximum absolute atomic E-state index is 13.4. The average Bonchev–Trinajstić information content (AvgIpc) is 2.88. The van der Waals surface area contributed by atoms with Gasteiger partial charge in [-0.3, -0.25) is 9.36 Å². The highest BCUT2D eigenvalue weighted by molar-refractivity contribution is 6.31. The normalized spacial score (nSPS) is 18.0. The van der Waals surface area contributed by atoms with Crippen LogP contribution in [0.25, 0.3) is 10.9 Å². The SMILES string of the molecule is Cc1cc([C@@H](C)Nc2ccc(Cl)cc2N2CCC(O)CC2)c2nc(N3CCOCC3)n(C)c(=O)c2c1. The lowest BCUT2D eigenvalue weighted by Crippen LogP contribution is -2.40. The van der Waals surface area contributed by atoms with Gasteiger partial charge in [-0.15, -0.1) is 0 Å². The van der Waals surface area contributed by atoms with Crippen molar-refractivity contribution in [3.05, 3.63) is 56.8 Å². The first-order valence-corrected chi connectivity index (χ1v) is 13.0. The van der Waals surface area contributed by atoms with E-state index in [-0.39, 0.29) is 17.7 Å². The van der Waals surface area contributed by atoms with E-state index >= 15 is 0 Å². The Balaban J connectivity index is 1.54. The van der Waals surface area contributed by atoms with Gasteiger partial charge >= 0.3 is 0 Å². The highest BCUT2D eigenvalue weighted by Gasteiger charge is 2.23. The molecule has 2 aromatic carbocycles. The van der Waals surface area contributed by atoms with Gasteiger partial charge in [-0.2, -0.15) is 0 Å². The standard InChI is InChI=1S/C27H34ClN5O3/c1-17-14-21(25-22(15-17)26(35)31(3)27(30-25)33-10-12-36-13-11-33)18(2)29-23-5-4-19(28)16-24(23)32-8-6-20(34)7-9-32/h4-5,14-16,18,20,29,34H,6-13H2,1-3H3/t18-/m1/s1. The number of hydrogen-bond acceptors (Lipinski definition) is 7. The number of ether oxygens (including phenoxy) is 1. The van der Waals surface area contributed by atoms with Crippen molar-refractivity contribution < 1.29 is 9.84 Å². The zero-order valence-corrected chi connectivity index (χ0v) is 21.9. The third-order valence-corrected chi connectivity index (χ3v) is 7.46. The van der Waals surface area contributed by atoms with Crippen molar-refractivity contribution in [2.45, 2.75) is 38.8 Å². The summed E-state index contributed by atoms with van der Waals surface area (Å²) in [5.41, 5.74) is 4.67. The summed E-state index contributed by atoms with van der Waals surface area (Å²) in [5.74, 6) is 0.673. The zero-order chi connectivity index (χ0) is 25.4. The highest BCUT2D eigenvalue weighted by Crippen LogP contribution is 2.35. The predicted octanol–water partition coefficient (Wildman–Crippen LogP) is 3.87. The van der Waals surface area contributed by atoms with Gasteiger partial charge in [0, 0.05) is 43.8 Å². The number of aliphatic hydroxyl groups excluding tert-OH is 1. The number of piperidine rings is 1. The number of benzene rings is 2. The molecule has 2 N–H and O–H groups in total. The van der Waals surface area contributed by atoms with E-state index in [1.807, 2.05) is 31.2 Å². The fourth-order valence-corrected chi connectivity index (χ4v) is 5.39. The zero-order valence-electron chi connectivity index (χ0n) is 21.1. The van der Waals surface area contributed by atoms with E-state index in [0.717, 1.165) is 53.9 Å². The number of halogens is 1. The summed E-state index contributed by atoms with van der Waals surface area (Å²) < 4.78 is 7.15. The molecule has 2 saturated heterocycles. The van der Waals surface area contributed by atoms with Gasteiger partial charge in [0.25, 0.3) is 5.56 Å². The third kappa shape index (κ3) is 4.90. The van der Waals surface area contributed by atoms with Crippen molar-refractivity contribution >= 4 is 39.8 Å². The molecular weight excluding hydrogens is 478 g/mol. The number of nitrogens with one attached hydrogen (secondary N) is 1. The molecule has 2 aliphatic heterocycles. The minimum absolute atomic E-state index is 0.0438. The molecule has 0 aliphatic carbocycles. The molecule has 0 radical (unpaired) electrons. The van der Waals surface area contributed by atoms with Crippen LogP contribution in [0.1, 0.15) is 36.9 Å². The Kier molecular flexibility index (Phi) is 7.10. The van der Waals surface area contributed by atoms with Gasteiger partial charge in [-0.25, -0.2) is 4.98 Å². The number of nitrogens with zero attached hydrogens (tertiary/aromatic N) is 4. The van der Waals surface area contributed by atoms with Crippen LogP contribution in [0.2, 0.25) is 5.02 Å². The number of aliphatic hydroxyl groups is 1. The smallest absolute Gasteiger partial charge is 0.262 e. The van der Waals surface area contributed by atoms with Gasteiger partial charge in [0.1, 0.15) is 0 Å². The summed E-state index contributed by atoms with van der Waals surface area (Å²) in [6.07, 6.45) is 1.23. The molecule has 1 atom stereocenters. The maximum Gasteiger partial charge on any atom is 0.262 e. The minimum Gasteiger partial charge on any atom is -0.393 e. The number of hydrogen-bond donors (Lipinski definition) is 2. The first kappa shape index (κ1) is 24.9. The largest absolute Gasteiger partial charge is 0.393 e. The number of aryl methyl sites for hydroxylation is 1. The van der Waals surface area contributed by atoms with Crippen LogP contribution in [-0.4, -0.2) is 60.2 Å². The van der Waals surface area contributed by atoms with Gasteiger partial charge in [0.15, 0.2) is 0 Å². The maximum atomic E-state index is 13.4. The van der Waals surface area contributed by atoms with E-state index in [9.17, 15) is 9.90 Å². The molecule has 1 aromatic heterocycles. The number of aromatic nitrogens is 2. The van der Waals surface area contributed by atoms with E-state index in [1.165, 1.54) is 0 Å². The number of rotatable bonds is 5. The van der Waals surface area contributed by atoms with E-state index in [1.54, 1.807) is 11.6 Å². The summed E-state index contributed by atoms with van der Waals surface area (Å²) in [5, 5.41) is 14.9. The first-order valence-electron chi connectivity index (χ1n) is 12.6. The Bertz CT molecular complexity index is 1310. The molecule has 36 heavy (non-hydrogen) atoms. The lowest BCUT2D eigenvalue weighted by molar-refractivity contribution is 0.121. The predicted molar refractivity (Wildman–Crippen MR) is 146 cm³/mol. The van der Waals surface area contributed by atoms with Crippen LogP contribution in [0.5, 0.6) is 0 Å². The Morgan fingerprint density at radius 1 is 1.11 bits per heavy atom. The molecule has 0 amide bonds. The van der Waals surface area contributed by atoms with E-state index < -0.39 is 0 Å². The molecular formula is C27H34ClN5O3. The Morgan fingerprint density at radius 3 is 2.56 bits per heavy atom. The molecule has 0 bridgehead atoms. The van der Waals surface area contributed by atoms with Crippen molar-refractivity contribution in [3.8, 4) is 0 Å². The van der Waals surface area contributed by atoms with Gasteiger partial charge in [-0.1, -0.05) is 17.7 Å². The van der Waals surface area contributed by atoms with E-state index in [2.05, 4.69) is 28.1 Å². The fourth-order valence-electron chi connectivity index (χ4n) is 5.22. The molecule has 8 nitrogen and oxygen atoms in total. The van der Waals surface area contributed by atoms with Crippen LogP contribution < -0.4 is 20.7 Å². The van der Waals surface area contributed by atoms with Crippen LogP contribution in [-0.2, 0) is 11.8 Å². The number of morpholine rings is 1. The van der Waals surface area contributed by atoms with Crippen molar-refractivity contribution in [1.82, 2.24) is 9.55 Å². The van der Waals surface area contributed by atoms with E-state index in [4.69, 9.17) is 21.3 Å². The van der Waals surface area contributed by atoms with Crippen molar-refractivity contribution in [3.63, 3.8) is 0 Å². The second kappa shape index (κ2) is 10.3. The van der Waals surface area contributed by atoms with Crippen LogP contribution in [0.3, 0.4) is 0 Å². The summed E-state index contributed by atoms with van der Waals surface area (Å²) in [6, 6.07) is 9.80. The lowest BCUT2D eigenvalue weighted by atomic mass is 10.0. The Hall–Kier alpha value is -2.81. The molecule has 0 spiro atoms. The number of anilines is 3. The van der Waals surface area contributed by atoms with Crippen LogP contribution in [0.4, 0.5) is 17.3 Å². The Labute approximate surface area is 216 Å². The molecule has 3 aromatic rings. The second-order valence-electron chi connectivity index (χ2n) is 9.87. The average molecular weight is 512 g/mol. The topological polar surface area (TPSA) is 82.9 Å². The van der Waals surface area contributed by atoms with Crippen LogP contribution in [0.15, 0.2) is 35.1 Å². The van der Waals surface area contributed by atoms with Crippen LogP contribution in [0, 0.1) is 6.92 Å². The highest BCUT2D eigenvalue weighted by atomic mass is 35.5. The molecule has 0 saturated carbocycles. The monoisotopic (exact) mass is 511 g/mol. The molecule has 5 rings (SSSR count). The minimum atomic E-state index is -0.247. The second-order valence-corrected chi connectivity index (χ2v) is 10.3. The Morgan fingerprint density at radius 2 is 1.83 bits per heavy atom. The van der Waals surface area contributed by atoms with Gasteiger partial charge in [0.2, 0.25) is 5.95 Å². The summed E-state index contributed by atoms with van der Waals surface area (Å²) in [6.45, 7) is 8.33. The van der Waals surface area contributed by atoms with Gasteiger partial charge < -0.3 is 25.0 Å². The van der Waals surface area contributed by atoms with Crippen molar-refractivity contribution in [1.29, 1.82) is 0 Å². The van der Waals surface area contributed by atoms with Crippen molar-refractivity contribution in [2.24, 2.45) is 7.05 Å². The van der Waals surface area contributed by atoms with Gasteiger partial charge in [-0.05, 0) is 56.5 Å². The van der Waals surface area contributed by atoms with Crippen molar-refractivity contribution in [2.75, 3.05) is 54.5 Å². The molecule has 2 aliphatic rings. The fraction of sp³-hybridized carbons (Fsp3) is 0.481. The number of fused-ring (bicyclic) bond motifs is 1. The molecule has 3 heterocycles. The third-order valence-electron chi connectivity index (χ3n) is 7.23. The molecule has 9 heteroatoms.